The predicted molar refractivity (Wildman–Crippen MR) is 102 cm³/mol. The number of aryl methyl sites for hydroxylation is 2. The van der Waals surface area contributed by atoms with E-state index in [2.05, 4.69) is 21.8 Å². The second-order valence-corrected chi connectivity index (χ2v) is 5.87. The fraction of sp³-hybridized carbons (Fsp3) is 0.412. The van der Waals surface area contributed by atoms with Crippen LogP contribution in [-0.4, -0.2) is 22.0 Å². The van der Waals surface area contributed by atoms with Crippen LogP contribution in [0.5, 0.6) is 0 Å². The zero-order valence-electron chi connectivity index (χ0n) is 14.2. The first-order valence-corrected chi connectivity index (χ1v) is 7.55. The van der Waals surface area contributed by atoms with Crippen molar-refractivity contribution < 1.29 is 4.79 Å². The van der Waals surface area contributed by atoms with Gasteiger partial charge in [-0.25, -0.2) is 4.98 Å². The van der Waals surface area contributed by atoms with Crippen molar-refractivity contribution in [3.05, 3.63) is 53.6 Å². The number of halogens is 2. The third-order valence-corrected chi connectivity index (χ3v) is 3.78. The molecule has 2 atom stereocenters. The van der Waals surface area contributed by atoms with E-state index in [0.29, 0.717) is 12.5 Å². The maximum Gasteiger partial charge on any atom is 0.241 e. The Balaban J connectivity index is 0.00000264. The van der Waals surface area contributed by atoms with Crippen LogP contribution in [0.15, 0.2) is 36.7 Å². The van der Waals surface area contributed by atoms with Gasteiger partial charge in [0.05, 0.1) is 0 Å². The molecule has 3 N–H and O–H groups in total. The Morgan fingerprint density at radius 1 is 1.25 bits per heavy atom. The summed E-state index contributed by atoms with van der Waals surface area (Å²) >= 11 is 0. The number of nitrogens with two attached hydrogens (primary N) is 1. The quantitative estimate of drug-likeness (QED) is 0.818. The summed E-state index contributed by atoms with van der Waals surface area (Å²) in [6.07, 6.45) is 3.74. The van der Waals surface area contributed by atoms with Gasteiger partial charge in [-0.2, -0.15) is 0 Å². The van der Waals surface area contributed by atoms with Gasteiger partial charge in [0.1, 0.15) is 11.9 Å². The van der Waals surface area contributed by atoms with Gasteiger partial charge in [-0.1, -0.05) is 36.8 Å². The summed E-state index contributed by atoms with van der Waals surface area (Å²) in [4.78, 5) is 16.3. The minimum atomic E-state index is -0.622. The average Bonchev–Trinajstić information content (AvgIpc) is 2.90. The Bertz CT molecular complexity index is 628. The summed E-state index contributed by atoms with van der Waals surface area (Å²) in [7, 11) is 0. The van der Waals surface area contributed by atoms with Gasteiger partial charge < -0.3 is 15.6 Å². The molecule has 0 saturated carbocycles. The first-order chi connectivity index (χ1) is 10.5. The molecule has 0 saturated heterocycles. The van der Waals surface area contributed by atoms with Crippen LogP contribution in [0.25, 0.3) is 0 Å². The van der Waals surface area contributed by atoms with Crippen LogP contribution < -0.4 is 11.1 Å². The van der Waals surface area contributed by atoms with E-state index in [4.69, 9.17) is 5.73 Å². The summed E-state index contributed by atoms with van der Waals surface area (Å²) in [5, 5.41) is 2.93. The zero-order chi connectivity index (χ0) is 16.1. The lowest BCUT2D eigenvalue weighted by Crippen LogP contribution is -2.37. The van der Waals surface area contributed by atoms with Gasteiger partial charge in [-0.15, -0.1) is 24.8 Å². The topological polar surface area (TPSA) is 72.9 Å². The molecule has 134 valence electrons. The van der Waals surface area contributed by atoms with E-state index in [1.807, 2.05) is 44.3 Å². The van der Waals surface area contributed by atoms with Crippen molar-refractivity contribution in [1.82, 2.24) is 14.9 Å². The Labute approximate surface area is 155 Å². The van der Waals surface area contributed by atoms with E-state index in [9.17, 15) is 4.79 Å². The number of amides is 1. The molecule has 0 aliphatic carbocycles. The largest absolute Gasteiger partial charge is 0.354 e. The van der Waals surface area contributed by atoms with Crippen LogP contribution in [-0.2, 0) is 11.3 Å². The molecule has 1 aromatic heterocycles. The van der Waals surface area contributed by atoms with E-state index < -0.39 is 6.04 Å². The lowest BCUT2D eigenvalue weighted by molar-refractivity contribution is -0.122. The van der Waals surface area contributed by atoms with Crippen molar-refractivity contribution >= 4 is 30.7 Å². The highest BCUT2D eigenvalue weighted by Gasteiger charge is 2.16. The van der Waals surface area contributed by atoms with Crippen molar-refractivity contribution in [3.63, 3.8) is 0 Å². The Morgan fingerprint density at radius 3 is 2.42 bits per heavy atom. The van der Waals surface area contributed by atoms with Gasteiger partial charge in [-0.05, 0) is 25.3 Å². The molecule has 0 aliphatic heterocycles. The average molecular weight is 373 g/mol. The number of benzene rings is 1. The third kappa shape index (κ3) is 6.15. The monoisotopic (exact) mass is 372 g/mol. The van der Waals surface area contributed by atoms with Gasteiger partial charge in [0, 0.05) is 25.5 Å². The Hall–Kier alpha value is -1.56. The number of imidazole rings is 1. The number of aromatic nitrogens is 2. The Kier molecular flexibility index (Phi) is 9.66. The van der Waals surface area contributed by atoms with Crippen molar-refractivity contribution in [2.24, 2.45) is 11.7 Å². The fourth-order valence-electron chi connectivity index (χ4n) is 2.31. The first kappa shape index (κ1) is 22.4. The highest BCUT2D eigenvalue weighted by atomic mass is 35.5. The standard InChI is InChI=1S/C17H24N4O.2ClH/c1-12-4-6-15(7-5-12)16(18)17(22)20-10-13(2)11-21-9-8-19-14(21)3;;/h4-9,13,16H,10-11,18H2,1-3H3,(H,20,22);2*1H. The summed E-state index contributed by atoms with van der Waals surface area (Å²) < 4.78 is 2.08. The van der Waals surface area contributed by atoms with Crippen LogP contribution >= 0.6 is 24.8 Å². The molecular formula is C17H26Cl2N4O. The SMILES string of the molecule is Cc1ccc(C(N)C(=O)NCC(C)Cn2ccnc2C)cc1.Cl.Cl. The highest BCUT2D eigenvalue weighted by molar-refractivity contribution is 5.85. The molecule has 7 heteroatoms. The van der Waals surface area contributed by atoms with E-state index in [1.54, 1.807) is 6.20 Å². The lowest BCUT2D eigenvalue weighted by Gasteiger charge is -2.17. The van der Waals surface area contributed by atoms with E-state index in [0.717, 1.165) is 23.5 Å². The van der Waals surface area contributed by atoms with E-state index >= 15 is 0 Å². The highest BCUT2D eigenvalue weighted by Crippen LogP contribution is 2.12. The molecule has 1 aromatic carbocycles. The molecule has 0 aliphatic rings. The molecule has 2 aromatic rings. The number of hydrogen-bond acceptors (Lipinski definition) is 3. The lowest BCUT2D eigenvalue weighted by atomic mass is 10.0. The maximum atomic E-state index is 12.1. The van der Waals surface area contributed by atoms with Gasteiger partial charge in [0.15, 0.2) is 0 Å². The zero-order valence-corrected chi connectivity index (χ0v) is 15.9. The first-order valence-electron chi connectivity index (χ1n) is 7.55. The molecule has 0 spiro atoms. The van der Waals surface area contributed by atoms with Gasteiger partial charge >= 0.3 is 0 Å². The smallest absolute Gasteiger partial charge is 0.241 e. The molecule has 2 unspecified atom stereocenters. The van der Waals surface area contributed by atoms with Gasteiger partial charge in [0.25, 0.3) is 0 Å². The van der Waals surface area contributed by atoms with Crippen LogP contribution in [0.1, 0.15) is 29.9 Å². The molecular weight excluding hydrogens is 347 g/mol. The van der Waals surface area contributed by atoms with Crippen molar-refractivity contribution in [2.45, 2.75) is 33.4 Å². The maximum absolute atomic E-state index is 12.1. The van der Waals surface area contributed by atoms with Crippen molar-refractivity contribution in [2.75, 3.05) is 6.54 Å². The molecule has 2 rings (SSSR count). The Morgan fingerprint density at radius 2 is 1.88 bits per heavy atom. The van der Waals surface area contributed by atoms with Crippen molar-refractivity contribution in [1.29, 1.82) is 0 Å². The van der Waals surface area contributed by atoms with Crippen LogP contribution in [0, 0.1) is 19.8 Å². The summed E-state index contributed by atoms with van der Waals surface area (Å²) in [5.41, 5.74) is 8.00. The number of carbonyl (C=O) groups is 1. The van der Waals surface area contributed by atoms with Gasteiger partial charge in [-0.3, -0.25) is 4.79 Å². The molecule has 1 heterocycles. The number of rotatable bonds is 6. The normalized spacial score (nSPS) is 12.5. The second kappa shape index (κ2) is 10.3. The molecule has 5 nitrogen and oxygen atoms in total. The number of hydrogen-bond donors (Lipinski definition) is 2. The van der Waals surface area contributed by atoms with E-state index in [-0.39, 0.29) is 30.7 Å². The second-order valence-electron chi connectivity index (χ2n) is 5.87. The minimum absolute atomic E-state index is 0. The minimum Gasteiger partial charge on any atom is -0.354 e. The molecule has 0 radical (unpaired) electrons. The van der Waals surface area contributed by atoms with Crippen LogP contribution in [0.2, 0.25) is 0 Å². The fourth-order valence-corrected chi connectivity index (χ4v) is 2.31. The van der Waals surface area contributed by atoms with Crippen molar-refractivity contribution in [3.8, 4) is 0 Å². The third-order valence-electron chi connectivity index (χ3n) is 3.78. The summed E-state index contributed by atoms with van der Waals surface area (Å²) in [6.45, 7) is 7.49. The number of carbonyl (C=O) groups excluding carboxylic acids is 1. The molecule has 0 bridgehead atoms. The predicted octanol–water partition coefficient (Wildman–Crippen LogP) is 2.80. The summed E-state index contributed by atoms with van der Waals surface area (Å²) in [5.74, 6) is 1.15. The van der Waals surface area contributed by atoms with E-state index in [1.165, 1.54) is 0 Å². The van der Waals surface area contributed by atoms with Crippen LogP contribution in [0.4, 0.5) is 0 Å². The molecule has 1 amide bonds. The molecule has 24 heavy (non-hydrogen) atoms. The molecule has 0 fully saturated rings. The van der Waals surface area contributed by atoms with Gasteiger partial charge in [0.2, 0.25) is 5.91 Å². The number of nitrogens with zero attached hydrogens (tertiary/aromatic N) is 2. The summed E-state index contributed by atoms with van der Waals surface area (Å²) in [6, 6.07) is 7.11. The van der Waals surface area contributed by atoms with Crippen LogP contribution in [0.3, 0.4) is 0 Å². The number of nitrogens with one attached hydrogen (secondary N) is 1.